The molecule has 0 heterocycles. The number of unbranched alkanes of at least 4 members (excludes halogenated alkanes) is 30. The van der Waals surface area contributed by atoms with Crippen LogP contribution in [0, 0.1) is 0 Å². The van der Waals surface area contributed by atoms with Gasteiger partial charge < -0.3 is 25.2 Å². The predicted molar refractivity (Wildman–Crippen MR) is 240 cm³/mol. The Balaban J connectivity index is 4.26. The number of nitrogens with two attached hydrogens (primary N) is 1. The van der Waals surface area contributed by atoms with Crippen LogP contribution in [0.4, 0.5) is 0 Å². The predicted octanol–water partition coefficient (Wildman–Crippen LogP) is 13.2. The Morgan fingerprint density at radius 1 is 0.508 bits per heavy atom. The van der Waals surface area contributed by atoms with E-state index in [1.165, 1.54) is 161 Å². The molecular formula is C47H90NO10P. The molecule has 0 radical (unpaired) electrons. The number of phosphoric ester groups is 1. The second-order valence-electron chi connectivity index (χ2n) is 16.6. The molecule has 0 aromatic heterocycles. The molecule has 4 N–H and O–H groups in total. The van der Waals surface area contributed by atoms with Crippen LogP contribution in [0.2, 0.25) is 0 Å². The fourth-order valence-electron chi connectivity index (χ4n) is 6.94. The van der Waals surface area contributed by atoms with Gasteiger partial charge in [-0.05, 0) is 38.5 Å². The molecule has 1 unspecified atom stereocenters. The standard InChI is InChI=1S/C47H90NO10P/c1-3-5-7-9-11-13-15-17-19-21-23-25-27-29-31-33-35-37-39-46(50)58-43(41-56-59(53,54)57-42-44(48)47(51)52)40-55-45(49)38-36-34-32-30-28-26-24-22-20-18-16-14-12-10-8-6-4-2/h14,16,43-44H,3-13,15,17-42,48H2,1-2H3,(H,51,52)(H,53,54)/b16-14+/t43-,44+/m1/s1. The minimum atomic E-state index is -4.71. The highest BCUT2D eigenvalue weighted by molar-refractivity contribution is 7.47. The molecule has 3 atom stereocenters. The van der Waals surface area contributed by atoms with E-state index in [0.717, 1.165) is 38.5 Å². The summed E-state index contributed by atoms with van der Waals surface area (Å²) >= 11 is 0. The normalized spacial score (nSPS) is 13.7. The summed E-state index contributed by atoms with van der Waals surface area (Å²) in [4.78, 5) is 46.1. The van der Waals surface area contributed by atoms with Gasteiger partial charge in [0.15, 0.2) is 6.10 Å². The third-order valence-corrected chi connectivity index (χ3v) is 11.7. The van der Waals surface area contributed by atoms with Gasteiger partial charge in [0.05, 0.1) is 13.2 Å². The third-order valence-electron chi connectivity index (χ3n) is 10.8. The second kappa shape index (κ2) is 42.9. The van der Waals surface area contributed by atoms with Crippen LogP contribution in [0.5, 0.6) is 0 Å². The van der Waals surface area contributed by atoms with E-state index in [0.29, 0.717) is 12.8 Å². The minimum Gasteiger partial charge on any atom is -0.480 e. The lowest BCUT2D eigenvalue weighted by molar-refractivity contribution is -0.161. The molecular weight excluding hydrogens is 769 g/mol. The van der Waals surface area contributed by atoms with Crippen molar-refractivity contribution in [2.45, 2.75) is 251 Å². The van der Waals surface area contributed by atoms with Crippen molar-refractivity contribution in [3.63, 3.8) is 0 Å². The van der Waals surface area contributed by atoms with E-state index in [1.54, 1.807) is 0 Å². The second-order valence-corrected chi connectivity index (χ2v) is 18.1. The van der Waals surface area contributed by atoms with E-state index >= 15 is 0 Å². The van der Waals surface area contributed by atoms with Crippen LogP contribution in [0.1, 0.15) is 239 Å². The van der Waals surface area contributed by atoms with Crippen molar-refractivity contribution >= 4 is 25.7 Å². The Labute approximate surface area is 360 Å². The maximum absolute atomic E-state index is 12.7. The summed E-state index contributed by atoms with van der Waals surface area (Å²) in [7, 11) is -4.71. The molecule has 0 rings (SSSR count). The van der Waals surface area contributed by atoms with E-state index in [1.807, 2.05) is 0 Å². The number of esters is 2. The van der Waals surface area contributed by atoms with E-state index in [2.05, 4.69) is 30.5 Å². The van der Waals surface area contributed by atoms with Crippen molar-refractivity contribution in [1.29, 1.82) is 0 Å². The van der Waals surface area contributed by atoms with Gasteiger partial charge in [0.25, 0.3) is 0 Å². The van der Waals surface area contributed by atoms with Gasteiger partial charge in [0, 0.05) is 12.8 Å². The van der Waals surface area contributed by atoms with Crippen LogP contribution in [0.15, 0.2) is 12.2 Å². The van der Waals surface area contributed by atoms with Gasteiger partial charge in [0.2, 0.25) is 0 Å². The first kappa shape index (κ1) is 57.2. The summed E-state index contributed by atoms with van der Waals surface area (Å²) < 4.78 is 32.8. The highest BCUT2D eigenvalue weighted by Crippen LogP contribution is 2.43. The van der Waals surface area contributed by atoms with Crippen LogP contribution in [0.25, 0.3) is 0 Å². The number of aliphatic carboxylic acids is 1. The number of carboxylic acids is 1. The summed E-state index contributed by atoms with van der Waals surface area (Å²) in [5.74, 6) is -2.36. The third kappa shape index (κ3) is 42.7. The average Bonchev–Trinajstić information content (AvgIpc) is 3.21. The summed E-state index contributed by atoms with van der Waals surface area (Å²) in [5, 5.41) is 8.91. The molecule has 0 spiro atoms. The highest BCUT2D eigenvalue weighted by atomic mass is 31.2. The highest BCUT2D eigenvalue weighted by Gasteiger charge is 2.28. The van der Waals surface area contributed by atoms with Crippen LogP contribution in [-0.2, 0) is 37.5 Å². The zero-order valence-electron chi connectivity index (χ0n) is 37.9. The molecule has 11 nitrogen and oxygen atoms in total. The zero-order chi connectivity index (χ0) is 43.5. The van der Waals surface area contributed by atoms with Crippen LogP contribution in [0.3, 0.4) is 0 Å². The lowest BCUT2D eigenvalue weighted by Gasteiger charge is -2.20. The van der Waals surface area contributed by atoms with Gasteiger partial charge in [-0.25, -0.2) is 4.57 Å². The van der Waals surface area contributed by atoms with Crippen molar-refractivity contribution in [2.24, 2.45) is 5.73 Å². The fraction of sp³-hybridized carbons (Fsp3) is 0.894. The Morgan fingerprint density at radius 3 is 1.25 bits per heavy atom. The van der Waals surface area contributed by atoms with E-state index < -0.39 is 51.1 Å². The molecule has 0 amide bonds. The largest absolute Gasteiger partial charge is 0.480 e. The molecule has 0 saturated heterocycles. The van der Waals surface area contributed by atoms with E-state index in [9.17, 15) is 23.8 Å². The molecule has 0 aliphatic heterocycles. The molecule has 0 aliphatic rings. The van der Waals surface area contributed by atoms with Gasteiger partial charge in [0.1, 0.15) is 12.6 Å². The zero-order valence-corrected chi connectivity index (χ0v) is 38.8. The lowest BCUT2D eigenvalue weighted by atomic mass is 10.0. The maximum Gasteiger partial charge on any atom is 0.472 e. The Hall–Kier alpha value is -1.78. The van der Waals surface area contributed by atoms with Crippen molar-refractivity contribution in [3.8, 4) is 0 Å². The molecule has 0 aromatic rings. The van der Waals surface area contributed by atoms with Crippen molar-refractivity contribution in [1.82, 2.24) is 0 Å². The van der Waals surface area contributed by atoms with Crippen molar-refractivity contribution in [2.75, 3.05) is 19.8 Å². The molecule has 0 saturated carbocycles. The maximum atomic E-state index is 12.7. The number of rotatable bonds is 46. The summed E-state index contributed by atoms with van der Waals surface area (Å²) in [5.41, 5.74) is 5.35. The molecule has 12 heteroatoms. The Kier molecular flexibility index (Phi) is 41.6. The molecule has 0 aromatic carbocycles. The smallest absolute Gasteiger partial charge is 0.472 e. The monoisotopic (exact) mass is 860 g/mol. The average molecular weight is 860 g/mol. The first-order valence-corrected chi connectivity index (χ1v) is 25.7. The van der Waals surface area contributed by atoms with E-state index in [-0.39, 0.29) is 19.4 Å². The first-order valence-electron chi connectivity index (χ1n) is 24.2. The Morgan fingerprint density at radius 2 is 0.847 bits per heavy atom. The first-order chi connectivity index (χ1) is 28.6. The van der Waals surface area contributed by atoms with Crippen molar-refractivity contribution < 1.29 is 47.5 Å². The minimum absolute atomic E-state index is 0.167. The number of hydrogen-bond acceptors (Lipinski definition) is 9. The van der Waals surface area contributed by atoms with E-state index in [4.69, 9.17) is 24.8 Å². The number of allylic oxidation sites excluding steroid dienone is 2. The van der Waals surface area contributed by atoms with Crippen LogP contribution < -0.4 is 5.73 Å². The van der Waals surface area contributed by atoms with Gasteiger partial charge in [-0.2, -0.15) is 0 Å². The Bertz CT molecular complexity index is 1060. The van der Waals surface area contributed by atoms with Gasteiger partial charge in [-0.1, -0.05) is 199 Å². The van der Waals surface area contributed by atoms with Crippen molar-refractivity contribution in [3.05, 3.63) is 12.2 Å². The summed E-state index contributed by atoms with van der Waals surface area (Å²) in [6.45, 7) is 2.83. The fourth-order valence-corrected chi connectivity index (χ4v) is 7.72. The molecule has 348 valence electrons. The molecule has 0 bridgehead atoms. The number of carbonyl (C=O) groups excluding carboxylic acids is 2. The van der Waals surface area contributed by atoms with Crippen LogP contribution >= 0.6 is 7.82 Å². The lowest BCUT2D eigenvalue weighted by Crippen LogP contribution is -2.34. The summed E-state index contributed by atoms with van der Waals surface area (Å²) in [6, 6.07) is -1.52. The van der Waals surface area contributed by atoms with Gasteiger partial charge in [-0.15, -0.1) is 0 Å². The molecule has 0 fully saturated rings. The molecule has 0 aliphatic carbocycles. The van der Waals surface area contributed by atoms with Gasteiger partial charge in [-0.3, -0.25) is 23.4 Å². The number of hydrogen-bond donors (Lipinski definition) is 3. The number of phosphoric acid groups is 1. The number of carboxylic acid groups (broad SMARTS) is 1. The summed E-state index contributed by atoms with van der Waals surface area (Å²) in [6.07, 6.45) is 44.1. The number of ether oxygens (including phenoxy) is 2. The van der Waals surface area contributed by atoms with Crippen LogP contribution in [-0.4, -0.2) is 59.9 Å². The molecule has 59 heavy (non-hydrogen) atoms. The SMILES string of the molecule is CCCCCC/C=C/CCCCCCCCCCCC(=O)OC[C@H](COP(=O)(O)OC[C@H](N)C(=O)O)OC(=O)CCCCCCCCCCCCCCCCCCCC. The quantitative estimate of drug-likeness (QED) is 0.0230. The topological polar surface area (TPSA) is 172 Å². The number of carbonyl (C=O) groups is 3. The van der Waals surface area contributed by atoms with Gasteiger partial charge >= 0.3 is 25.7 Å².